The SMILES string of the molecule is CCNC(=NCc1ccc(C(=O)N(C)C)cc1)NCc1oc2ccccc2c1C.I. The zero-order valence-corrected chi connectivity index (χ0v) is 20.2. The molecule has 0 bridgehead atoms. The molecule has 1 amide bonds. The number of amides is 1. The van der Waals surface area contributed by atoms with Gasteiger partial charge in [0.2, 0.25) is 0 Å². The lowest BCUT2D eigenvalue weighted by atomic mass is 10.1. The minimum atomic E-state index is -0.00346. The summed E-state index contributed by atoms with van der Waals surface area (Å²) < 4.78 is 5.96. The number of guanidine groups is 1. The summed E-state index contributed by atoms with van der Waals surface area (Å²) in [5, 5.41) is 7.73. The third kappa shape index (κ3) is 5.75. The number of hydrogen-bond acceptors (Lipinski definition) is 3. The van der Waals surface area contributed by atoms with E-state index in [9.17, 15) is 4.79 Å². The number of aryl methyl sites for hydroxylation is 1. The second kappa shape index (κ2) is 11.0. The standard InChI is InChI=1S/C23H28N4O2.HI/c1-5-24-23(25-14-17-10-12-18(13-11-17)22(28)27(3)4)26-15-21-16(2)19-8-6-7-9-20(19)29-21;/h6-13H,5,14-15H2,1-4H3,(H2,24,25,26);1H. The highest BCUT2D eigenvalue weighted by atomic mass is 127. The molecule has 30 heavy (non-hydrogen) atoms. The Hall–Kier alpha value is -2.55. The van der Waals surface area contributed by atoms with Crippen molar-refractivity contribution in [2.45, 2.75) is 26.9 Å². The first-order chi connectivity index (χ1) is 14.0. The number of nitrogens with zero attached hydrogens (tertiary/aromatic N) is 2. The summed E-state index contributed by atoms with van der Waals surface area (Å²) in [5.41, 5.74) is 3.76. The molecule has 0 aliphatic carbocycles. The third-order valence-electron chi connectivity index (χ3n) is 4.73. The van der Waals surface area contributed by atoms with Crippen molar-refractivity contribution in [3.8, 4) is 0 Å². The third-order valence-corrected chi connectivity index (χ3v) is 4.73. The van der Waals surface area contributed by atoms with Crippen molar-refractivity contribution < 1.29 is 9.21 Å². The van der Waals surface area contributed by atoms with Gasteiger partial charge in [0.1, 0.15) is 11.3 Å². The smallest absolute Gasteiger partial charge is 0.253 e. The van der Waals surface area contributed by atoms with Gasteiger partial charge in [-0.15, -0.1) is 24.0 Å². The Morgan fingerprint density at radius 2 is 1.77 bits per heavy atom. The molecule has 2 aromatic carbocycles. The van der Waals surface area contributed by atoms with Gasteiger partial charge >= 0.3 is 0 Å². The van der Waals surface area contributed by atoms with Crippen molar-refractivity contribution in [3.05, 3.63) is 71.0 Å². The summed E-state index contributed by atoms with van der Waals surface area (Å²) >= 11 is 0. The van der Waals surface area contributed by atoms with Gasteiger partial charge in [0.25, 0.3) is 5.91 Å². The quantitative estimate of drug-likeness (QED) is 0.289. The molecule has 0 radical (unpaired) electrons. The average molecular weight is 520 g/mol. The Morgan fingerprint density at radius 3 is 2.40 bits per heavy atom. The summed E-state index contributed by atoms with van der Waals surface area (Å²) in [7, 11) is 3.50. The van der Waals surface area contributed by atoms with Crippen LogP contribution in [0.1, 0.15) is 34.2 Å². The Kier molecular flexibility index (Phi) is 8.71. The molecule has 1 heterocycles. The lowest BCUT2D eigenvalue weighted by molar-refractivity contribution is 0.0827. The molecule has 0 atom stereocenters. The number of nitrogens with one attached hydrogen (secondary N) is 2. The second-order valence-electron chi connectivity index (χ2n) is 7.09. The van der Waals surface area contributed by atoms with Gasteiger partial charge in [-0.2, -0.15) is 0 Å². The number of benzene rings is 2. The van der Waals surface area contributed by atoms with E-state index >= 15 is 0 Å². The van der Waals surface area contributed by atoms with E-state index in [0.717, 1.165) is 40.4 Å². The molecule has 0 unspecified atom stereocenters. The fourth-order valence-corrected chi connectivity index (χ4v) is 3.08. The van der Waals surface area contributed by atoms with Crippen LogP contribution in [0.3, 0.4) is 0 Å². The maximum Gasteiger partial charge on any atom is 0.253 e. The molecule has 3 aromatic rings. The maximum absolute atomic E-state index is 12.0. The van der Waals surface area contributed by atoms with Gasteiger partial charge in [0, 0.05) is 37.2 Å². The number of furan rings is 1. The monoisotopic (exact) mass is 520 g/mol. The number of halogens is 1. The predicted octanol–water partition coefficient (Wildman–Crippen LogP) is 4.32. The minimum absolute atomic E-state index is 0. The average Bonchev–Trinajstić information content (AvgIpc) is 3.05. The summed E-state index contributed by atoms with van der Waals surface area (Å²) in [6.07, 6.45) is 0. The van der Waals surface area contributed by atoms with Crippen LogP contribution in [0.25, 0.3) is 11.0 Å². The van der Waals surface area contributed by atoms with Crippen molar-refractivity contribution >= 4 is 46.8 Å². The fourth-order valence-electron chi connectivity index (χ4n) is 3.08. The van der Waals surface area contributed by atoms with Gasteiger partial charge in [-0.05, 0) is 37.6 Å². The van der Waals surface area contributed by atoms with Crippen LogP contribution in [0.2, 0.25) is 0 Å². The molecule has 0 spiro atoms. The first kappa shape index (κ1) is 23.7. The summed E-state index contributed by atoms with van der Waals surface area (Å²) in [6, 6.07) is 15.6. The van der Waals surface area contributed by atoms with E-state index in [0.29, 0.717) is 18.7 Å². The molecule has 3 rings (SSSR count). The number of rotatable bonds is 6. The lowest BCUT2D eigenvalue weighted by Crippen LogP contribution is -2.36. The van der Waals surface area contributed by atoms with E-state index < -0.39 is 0 Å². The molecule has 7 heteroatoms. The lowest BCUT2D eigenvalue weighted by Gasteiger charge is -2.11. The molecule has 160 valence electrons. The van der Waals surface area contributed by atoms with Crippen LogP contribution in [0.5, 0.6) is 0 Å². The van der Waals surface area contributed by atoms with E-state index in [1.807, 2.05) is 49.4 Å². The van der Waals surface area contributed by atoms with Crippen molar-refractivity contribution in [1.29, 1.82) is 0 Å². The van der Waals surface area contributed by atoms with Crippen molar-refractivity contribution in [2.75, 3.05) is 20.6 Å². The number of aliphatic imine (C=N–C) groups is 1. The number of para-hydroxylation sites is 1. The molecule has 0 saturated carbocycles. The van der Waals surface area contributed by atoms with Crippen molar-refractivity contribution in [2.24, 2.45) is 4.99 Å². The number of hydrogen-bond donors (Lipinski definition) is 2. The summed E-state index contributed by atoms with van der Waals surface area (Å²) in [5.74, 6) is 1.63. The molecule has 0 fully saturated rings. The number of carbonyl (C=O) groups is 1. The van der Waals surface area contributed by atoms with Gasteiger partial charge in [-0.25, -0.2) is 4.99 Å². The molecule has 0 saturated heterocycles. The van der Waals surface area contributed by atoms with Crippen LogP contribution >= 0.6 is 24.0 Å². The van der Waals surface area contributed by atoms with E-state index in [4.69, 9.17) is 4.42 Å². The van der Waals surface area contributed by atoms with Crippen LogP contribution in [-0.4, -0.2) is 37.4 Å². The van der Waals surface area contributed by atoms with E-state index in [2.05, 4.69) is 28.6 Å². The van der Waals surface area contributed by atoms with Gasteiger partial charge in [-0.3, -0.25) is 4.79 Å². The number of carbonyl (C=O) groups excluding carboxylic acids is 1. The zero-order valence-electron chi connectivity index (χ0n) is 17.9. The predicted molar refractivity (Wildman–Crippen MR) is 132 cm³/mol. The van der Waals surface area contributed by atoms with Crippen LogP contribution in [0.4, 0.5) is 0 Å². The molecule has 0 aliphatic heterocycles. The highest BCUT2D eigenvalue weighted by Gasteiger charge is 2.10. The van der Waals surface area contributed by atoms with Crippen LogP contribution in [-0.2, 0) is 13.1 Å². The molecule has 0 aliphatic rings. The largest absolute Gasteiger partial charge is 0.459 e. The zero-order chi connectivity index (χ0) is 20.8. The highest BCUT2D eigenvalue weighted by molar-refractivity contribution is 14.0. The van der Waals surface area contributed by atoms with Gasteiger partial charge in [0.05, 0.1) is 13.1 Å². The maximum atomic E-state index is 12.0. The highest BCUT2D eigenvalue weighted by Crippen LogP contribution is 2.24. The Bertz CT molecular complexity index is 1010. The Morgan fingerprint density at radius 1 is 1.07 bits per heavy atom. The fraction of sp³-hybridized carbons (Fsp3) is 0.304. The van der Waals surface area contributed by atoms with E-state index in [1.165, 1.54) is 0 Å². The second-order valence-corrected chi connectivity index (χ2v) is 7.09. The topological polar surface area (TPSA) is 69.9 Å². The van der Waals surface area contributed by atoms with E-state index in [1.54, 1.807) is 19.0 Å². The van der Waals surface area contributed by atoms with Crippen molar-refractivity contribution in [1.82, 2.24) is 15.5 Å². The Labute approximate surface area is 194 Å². The summed E-state index contributed by atoms with van der Waals surface area (Å²) in [6.45, 7) is 5.95. The first-order valence-electron chi connectivity index (χ1n) is 9.79. The molecule has 2 N–H and O–H groups in total. The molecule has 6 nitrogen and oxygen atoms in total. The van der Waals surface area contributed by atoms with E-state index in [-0.39, 0.29) is 29.9 Å². The van der Waals surface area contributed by atoms with Gasteiger partial charge < -0.3 is 20.0 Å². The van der Waals surface area contributed by atoms with Crippen molar-refractivity contribution in [3.63, 3.8) is 0 Å². The molecular formula is C23H29IN4O2. The normalized spacial score (nSPS) is 11.1. The Balaban J connectivity index is 0.00000320. The first-order valence-corrected chi connectivity index (χ1v) is 9.79. The molecular weight excluding hydrogens is 491 g/mol. The van der Waals surface area contributed by atoms with Crippen LogP contribution < -0.4 is 10.6 Å². The van der Waals surface area contributed by atoms with Gasteiger partial charge in [0.15, 0.2) is 5.96 Å². The van der Waals surface area contributed by atoms with Gasteiger partial charge in [-0.1, -0.05) is 30.3 Å². The minimum Gasteiger partial charge on any atom is -0.459 e. The van der Waals surface area contributed by atoms with Crippen LogP contribution in [0, 0.1) is 6.92 Å². The van der Waals surface area contributed by atoms with Crippen LogP contribution in [0.15, 0.2) is 57.9 Å². The summed E-state index contributed by atoms with van der Waals surface area (Å²) in [4.78, 5) is 18.2. The number of fused-ring (bicyclic) bond motifs is 1. The molecule has 1 aromatic heterocycles.